The maximum Gasteiger partial charge on any atom is 0.339 e. The van der Waals surface area contributed by atoms with Crippen molar-refractivity contribution in [3.8, 4) is 0 Å². The third-order valence-corrected chi connectivity index (χ3v) is 3.71. The molecule has 1 atom stereocenters. The van der Waals surface area contributed by atoms with Crippen molar-refractivity contribution in [2.45, 2.75) is 13.0 Å². The van der Waals surface area contributed by atoms with Crippen molar-refractivity contribution >= 4 is 21.9 Å². The Hall–Kier alpha value is -1.61. The van der Waals surface area contributed by atoms with Crippen LogP contribution in [-0.2, 0) is 4.74 Å². The van der Waals surface area contributed by atoms with Gasteiger partial charge in [-0.15, -0.1) is 0 Å². The number of fused-ring (bicyclic) bond motifs is 1. The lowest BCUT2D eigenvalue weighted by Crippen LogP contribution is -2.02. The molecule has 0 radical (unpaired) electrons. The predicted octanol–water partition coefficient (Wildman–Crippen LogP) is 4.02. The molecule has 0 N–H and O–H groups in total. The van der Waals surface area contributed by atoms with Crippen LogP contribution in [0, 0.1) is 6.92 Å². The zero-order valence-electron chi connectivity index (χ0n) is 9.81. The molecule has 0 aliphatic carbocycles. The van der Waals surface area contributed by atoms with E-state index in [0.29, 0.717) is 5.56 Å². The predicted molar refractivity (Wildman–Crippen MR) is 72.6 cm³/mol. The van der Waals surface area contributed by atoms with Crippen LogP contribution in [0.1, 0.15) is 33.2 Å². The van der Waals surface area contributed by atoms with Crippen LogP contribution in [0.3, 0.4) is 0 Å². The van der Waals surface area contributed by atoms with Gasteiger partial charge in [-0.05, 0) is 30.2 Å². The van der Waals surface area contributed by atoms with E-state index in [4.69, 9.17) is 4.74 Å². The smallest absolute Gasteiger partial charge is 0.339 e. The lowest BCUT2D eigenvalue weighted by Gasteiger charge is -2.13. The highest BCUT2D eigenvalue weighted by Gasteiger charge is 2.32. The summed E-state index contributed by atoms with van der Waals surface area (Å²) in [7, 11) is 0. The number of halogens is 1. The first kappa shape index (κ1) is 11.5. The average molecular weight is 303 g/mol. The van der Waals surface area contributed by atoms with Crippen LogP contribution in [0.25, 0.3) is 0 Å². The van der Waals surface area contributed by atoms with E-state index in [9.17, 15) is 4.79 Å². The van der Waals surface area contributed by atoms with Gasteiger partial charge in [0.15, 0.2) is 6.10 Å². The van der Waals surface area contributed by atoms with Crippen molar-refractivity contribution in [2.24, 2.45) is 0 Å². The molecule has 2 nitrogen and oxygen atoms in total. The molecule has 90 valence electrons. The Morgan fingerprint density at radius 1 is 1.11 bits per heavy atom. The summed E-state index contributed by atoms with van der Waals surface area (Å²) >= 11 is 3.38. The maximum atomic E-state index is 11.9. The van der Waals surface area contributed by atoms with Gasteiger partial charge < -0.3 is 4.74 Å². The van der Waals surface area contributed by atoms with Gasteiger partial charge in [0, 0.05) is 10.0 Å². The minimum atomic E-state index is -0.276. The van der Waals surface area contributed by atoms with E-state index >= 15 is 0 Å². The molecule has 0 aromatic heterocycles. The average Bonchev–Trinajstić information content (AvgIpc) is 2.67. The number of hydrogen-bond acceptors (Lipinski definition) is 2. The summed E-state index contributed by atoms with van der Waals surface area (Å²) in [5, 5.41) is 0. The van der Waals surface area contributed by atoms with Crippen LogP contribution >= 0.6 is 15.9 Å². The number of carbonyl (C=O) groups excluding carboxylic acids is 1. The van der Waals surface area contributed by atoms with Crippen molar-refractivity contribution in [2.75, 3.05) is 0 Å². The highest BCUT2D eigenvalue weighted by atomic mass is 79.9. The molecule has 0 spiro atoms. The van der Waals surface area contributed by atoms with E-state index in [1.54, 1.807) is 0 Å². The summed E-state index contributed by atoms with van der Waals surface area (Å²) in [6, 6.07) is 13.7. The Morgan fingerprint density at radius 3 is 2.67 bits per heavy atom. The second-order valence-electron chi connectivity index (χ2n) is 4.37. The lowest BCUT2D eigenvalue weighted by atomic mass is 9.96. The van der Waals surface area contributed by atoms with Crippen molar-refractivity contribution in [3.63, 3.8) is 0 Å². The van der Waals surface area contributed by atoms with Gasteiger partial charge in [0.2, 0.25) is 0 Å². The Labute approximate surface area is 114 Å². The van der Waals surface area contributed by atoms with Gasteiger partial charge in [0.25, 0.3) is 0 Å². The van der Waals surface area contributed by atoms with Crippen LogP contribution < -0.4 is 0 Å². The summed E-state index contributed by atoms with van der Waals surface area (Å²) in [5.41, 5.74) is 3.77. The first-order valence-corrected chi connectivity index (χ1v) is 6.52. The van der Waals surface area contributed by atoms with Gasteiger partial charge in [-0.1, -0.05) is 46.3 Å². The van der Waals surface area contributed by atoms with Crippen LogP contribution in [-0.4, -0.2) is 5.97 Å². The first-order valence-electron chi connectivity index (χ1n) is 5.73. The zero-order chi connectivity index (χ0) is 12.7. The molecule has 1 aliphatic rings. The van der Waals surface area contributed by atoms with Gasteiger partial charge in [-0.2, -0.15) is 0 Å². The third kappa shape index (κ3) is 1.75. The number of cyclic esters (lactones) is 1. The number of hydrogen-bond donors (Lipinski definition) is 0. The van der Waals surface area contributed by atoms with Gasteiger partial charge in [0.05, 0.1) is 5.56 Å². The largest absolute Gasteiger partial charge is 0.449 e. The normalized spacial score (nSPS) is 17.4. The third-order valence-electron chi connectivity index (χ3n) is 3.21. The minimum absolute atomic E-state index is 0.250. The molecule has 2 aromatic rings. The molecular weight excluding hydrogens is 292 g/mol. The van der Waals surface area contributed by atoms with Crippen molar-refractivity contribution < 1.29 is 9.53 Å². The molecule has 1 heterocycles. The summed E-state index contributed by atoms with van der Waals surface area (Å²) in [4.78, 5) is 11.9. The molecule has 0 saturated carbocycles. The number of aryl methyl sites for hydroxylation is 1. The molecular formula is C15H11BrO2. The molecule has 1 aliphatic heterocycles. The van der Waals surface area contributed by atoms with E-state index < -0.39 is 0 Å². The Morgan fingerprint density at radius 2 is 1.89 bits per heavy atom. The van der Waals surface area contributed by atoms with E-state index in [0.717, 1.165) is 21.2 Å². The minimum Gasteiger partial charge on any atom is -0.449 e. The topological polar surface area (TPSA) is 26.3 Å². The van der Waals surface area contributed by atoms with Gasteiger partial charge >= 0.3 is 5.97 Å². The number of carbonyl (C=O) groups is 1. The van der Waals surface area contributed by atoms with Gasteiger partial charge in [0.1, 0.15) is 0 Å². The number of esters is 1. The molecule has 0 amide bonds. The highest BCUT2D eigenvalue weighted by Crippen LogP contribution is 2.38. The van der Waals surface area contributed by atoms with E-state index in [1.807, 2.05) is 49.4 Å². The lowest BCUT2D eigenvalue weighted by molar-refractivity contribution is 0.0455. The SMILES string of the molecule is Cc1ccccc1C1OC(=O)c2cc(Br)ccc21. The van der Waals surface area contributed by atoms with E-state index in [2.05, 4.69) is 15.9 Å². The number of benzene rings is 2. The van der Waals surface area contributed by atoms with Crippen LogP contribution in [0.5, 0.6) is 0 Å². The molecule has 0 bridgehead atoms. The second kappa shape index (κ2) is 4.25. The zero-order valence-corrected chi connectivity index (χ0v) is 11.4. The molecule has 0 saturated heterocycles. The first-order chi connectivity index (χ1) is 8.66. The quantitative estimate of drug-likeness (QED) is 0.744. The van der Waals surface area contributed by atoms with Gasteiger partial charge in [-0.3, -0.25) is 0 Å². The monoisotopic (exact) mass is 302 g/mol. The fourth-order valence-electron chi connectivity index (χ4n) is 2.28. The molecule has 3 rings (SSSR count). The van der Waals surface area contributed by atoms with Crippen molar-refractivity contribution in [1.29, 1.82) is 0 Å². The highest BCUT2D eigenvalue weighted by molar-refractivity contribution is 9.10. The molecule has 0 fully saturated rings. The Bertz CT molecular complexity index is 634. The van der Waals surface area contributed by atoms with Crippen LogP contribution in [0.4, 0.5) is 0 Å². The fourth-order valence-corrected chi connectivity index (χ4v) is 2.64. The van der Waals surface area contributed by atoms with Crippen molar-refractivity contribution in [1.82, 2.24) is 0 Å². The van der Waals surface area contributed by atoms with Crippen LogP contribution in [0.2, 0.25) is 0 Å². The maximum absolute atomic E-state index is 11.9. The van der Waals surface area contributed by atoms with Crippen LogP contribution in [0.15, 0.2) is 46.9 Å². The molecule has 3 heteroatoms. The summed E-state index contributed by atoms with van der Waals surface area (Å²) in [5.74, 6) is -0.250. The van der Waals surface area contributed by atoms with E-state index in [-0.39, 0.29) is 12.1 Å². The standard InChI is InChI=1S/C15H11BrO2/c1-9-4-2-3-5-11(9)14-12-7-6-10(16)8-13(12)15(17)18-14/h2-8,14H,1H3. The summed E-state index contributed by atoms with van der Waals surface area (Å²) in [6.45, 7) is 2.03. The Balaban J connectivity index is 2.14. The van der Waals surface area contributed by atoms with E-state index in [1.165, 1.54) is 0 Å². The summed E-state index contributed by atoms with van der Waals surface area (Å²) < 4.78 is 6.39. The number of rotatable bonds is 1. The Kier molecular flexibility index (Phi) is 2.71. The van der Waals surface area contributed by atoms with Crippen molar-refractivity contribution in [3.05, 3.63) is 69.2 Å². The number of ether oxygens (including phenoxy) is 1. The summed E-state index contributed by atoms with van der Waals surface area (Å²) in [6.07, 6.45) is -0.276. The molecule has 1 unspecified atom stereocenters. The fraction of sp³-hybridized carbons (Fsp3) is 0.133. The van der Waals surface area contributed by atoms with Gasteiger partial charge in [-0.25, -0.2) is 4.79 Å². The molecule has 18 heavy (non-hydrogen) atoms. The molecule has 2 aromatic carbocycles. The second-order valence-corrected chi connectivity index (χ2v) is 5.29.